The van der Waals surface area contributed by atoms with Crippen molar-refractivity contribution in [3.8, 4) is 11.5 Å². The van der Waals surface area contributed by atoms with Crippen LogP contribution in [0.5, 0.6) is 11.5 Å². The van der Waals surface area contributed by atoms with Gasteiger partial charge in [-0.2, -0.15) is 0 Å². The second-order valence-electron chi connectivity index (χ2n) is 5.95. The minimum Gasteiger partial charge on any atom is -0.490 e. The van der Waals surface area contributed by atoms with Crippen LogP contribution in [0.25, 0.3) is 12.2 Å². The Kier molecular flexibility index (Phi) is 5.44. The minimum absolute atomic E-state index is 0.233. The number of fused-ring (bicyclic) bond motifs is 1. The molecule has 2 aromatic carbocycles. The SMILES string of the molecule is CCOc1ccc(/C=C/C2C=Cc3ccccc3N2C)cc1OCC. The number of nitrogens with zero attached hydrogens (tertiary/aromatic N) is 1. The van der Waals surface area contributed by atoms with Gasteiger partial charge in [0.2, 0.25) is 0 Å². The molecule has 0 saturated heterocycles. The van der Waals surface area contributed by atoms with Crippen LogP contribution in [0.2, 0.25) is 0 Å². The summed E-state index contributed by atoms with van der Waals surface area (Å²) in [5, 5.41) is 0. The molecule has 0 saturated carbocycles. The first-order chi connectivity index (χ1) is 12.2. The van der Waals surface area contributed by atoms with Crippen molar-refractivity contribution in [3.63, 3.8) is 0 Å². The van der Waals surface area contributed by atoms with Crippen molar-refractivity contribution in [2.75, 3.05) is 25.2 Å². The number of hydrogen-bond acceptors (Lipinski definition) is 3. The highest BCUT2D eigenvalue weighted by molar-refractivity contribution is 5.73. The molecule has 130 valence electrons. The fourth-order valence-electron chi connectivity index (χ4n) is 3.02. The van der Waals surface area contributed by atoms with E-state index in [1.807, 2.05) is 26.0 Å². The molecule has 0 aromatic heterocycles. The van der Waals surface area contributed by atoms with Crippen molar-refractivity contribution in [3.05, 3.63) is 65.7 Å². The topological polar surface area (TPSA) is 21.7 Å². The van der Waals surface area contributed by atoms with Gasteiger partial charge in [0.15, 0.2) is 11.5 Å². The number of anilines is 1. The number of rotatable bonds is 6. The summed E-state index contributed by atoms with van der Waals surface area (Å²) in [7, 11) is 2.13. The molecule has 0 aliphatic carbocycles. The van der Waals surface area contributed by atoms with Crippen LogP contribution in [-0.2, 0) is 0 Å². The van der Waals surface area contributed by atoms with E-state index in [-0.39, 0.29) is 6.04 Å². The number of hydrogen-bond donors (Lipinski definition) is 0. The van der Waals surface area contributed by atoms with Gasteiger partial charge in [-0.1, -0.05) is 48.6 Å². The summed E-state index contributed by atoms with van der Waals surface area (Å²) in [4.78, 5) is 2.28. The monoisotopic (exact) mass is 335 g/mol. The predicted octanol–water partition coefficient (Wildman–Crippen LogP) is 5.03. The quantitative estimate of drug-likeness (QED) is 0.739. The second kappa shape index (κ2) is 7.93. The van der Waals surface area contributed by atoms with E-state index in [1.165, 1.54) is 11.3 Å². The average molecular weight is 335 g/mol. The van der Waals surface area contributed by atoms with Crippen LogP contribution in [0.3, 0.4) is 0 Å². The predicted molar refractivity (Wildman–Crippen MR) is 105 cm³/mol. The van der Waals surface area contributed by atoms with Gasteiger partial charge in [0.05, 0.1) is 19.3 Å². The molecule has 1 aliphatic heterocycles. The summed E-state index contributed by atoms with van der Waals surface area (Å²) < 4.78 is 11.3. The lowest BCUT2D eigenvalue weighted by molar-refractivity contribution is 0.287. The van der Waals surface area contributed by atoms with E-state index < -0.39 is 0 Å². The zero-order valence-electron chi connectivity index (χ0n) is 15.1. The lowest BCUT2D eigenvalue weighted by Gasteiger charge is -2.30. The van der Waals surface area contributed by atoms with Crippen LogP contribution in [0.1, 0.15) is 25.0 Å². The Balaban J connectivity index is 1.79. The van der Waals surface area contributed by atoms with Crippen LogP contribution in [0.4, 0.5) is 5.69 Å². The Hall–Kier alpha value is -2.68. The summed E-state index contributed by atoms with van der Waals surface area (Å²) >= 11 is 0. The van der Waals surface area contributed by atoms with Crippen molar-refractivity contribution in [1.82, 2.24) is 0 Å². The summed E-state index contributed by atoms with van der Waals surface area (Å²) in [6.07, 6.45) is 8.75. The Bertz CT molecular complexity index is 779. The Morgan fingerprint density at radius 1 is 1.00 bits per heavy atom. The first-order valence-electron chi connectivity index (χ1n) is 8.80. The average Bonchev–Trinajstić information content (AvgIpc) is 2.64. The van der Waals surface area contributed by atoms with Gasteiger partial charge < -0.3 is 14.4 Å². The number of para-hydroxylation sites is 1. The third-order valence-corrected chi connectivity index (χ3v) is 4.29. The molecule has 2 aromatic rings. The van der Waals surface area contributed by atoms with Crippen LogP contribution < -0.4 is 14.4 Å². The van der Waals surface area contributed by atoms with E-state index in [0.717, 1.165) is 17.1 Å². The van der Waals surface area contributed by atoms with E-state index >= 15 is 0 Å². The maximum atomic E-state index is 5.71. The van der Waals surface area contributed by atoms with Gasteiger partial charge in [-0.05, 0) is 43.2 Å². The summed E-state index contributed by atoms with van der Waals surface area (Å²) in [6, 6.07) is 14.8. The van der Waals surface area contributed by atoms with E-state index in [9.17, 15) is 0 Å². The highest BCUT2D eigenvalue weighted by atomic mass is 16.5. The molecule has 3 rings (SSSR count). The molecular weight excluding hydrogens is 310 g/mol. The van der Waals surface area contributed by atoms with Crippen LogP contribution in [-0.4, -0.2) is 26.3 Å². The van der Waals surface area contributed by atoms with E-state index in [1.54, 1.807) is 0 Å². The van der Waals surface area contributed by atoms with Crippen molar-refractivity contribution in [2.24, 2.45) is 0 Å². The van der Waals surface area contributed by atoms with Gasteiger partial charge in [0, 0.05) is 12.7 Å². The zero-order chi connectivity index (χ0) is 17.6. The van der Waals surface area contributed by atoms with E-state index in [4.69, 9.17) is 9.47 Å². The molecular formula is C22H25NO2. The molecule has 3 heteroatoms. The summed E-state index contributed by atoms with van der Waals surface area (Å²) in [5.41, 5.74) is 3.61. The van der Waals surface area contributed by atoms with Crippen LogP contribution in [0, 0.1) is 0 Å². The first-order valence-corrected chi connectivity index (χ1v) is 8.80. The van der Waals surface area contributed by atoms with Gasteiger partial charge >= 0.3 is 0 Å². The van der Waals surface area contributed by atoms with Gasteiger partial charge in [-0.25, -0.2) is 0 Å². The highest BCUT2D eigenvalue weighted by Gasteiger charge is 2.16. The lowest BCUT2D eigenvalue weighted by Crippen LogP contribution is -2.30. The molecule has 3 nitrogen and oxygen atoms in total. The molecule has 1 unspecified atom stereocenters. The van der Waals surface area contributed by atoms with Crippen LogP contribution in [0.15, 0.2) is 54.6 Å². The molecule has 0 spiro atoms. The maximum absolute atomic E-state index is 5.71. The van der Waals surface area contributed by atoms with Crippen molar-refractivity contribution >= 4 is 17.8 Å². The number of benzene rings is 2. The van der Waals surface area contributed by atoms with Gasteiger partial charge in [-0.3, -0.25) is 0 Å². The van der Waals surface area contributed by atoms with Gasteiger partial charge in [-0.15, -0.1) is 0 Å². The van der Waals surface area contributed by atoms with Crippen molar-refractivity contribution < 1.29 is 9.47 Å². The molecule has 1 atom stereocenters. The Labute approximate surface area is 150 Å². The lowest BCUT2D eigenvalue weighted by atomic mass is 10.0. The van der Waals surface area contributed by atoms with Crippen molar-refractivity contribution in [2.45, 2.75) is 19.9 Å². The highest BCUT2D eigenvalue weighted by Crippen LogP contribution is 2.30. The van der Waals surface area contributed by atoms with E-state index in [2.05, 4.69) is 66.6 Å². The maximum Gasteiger partial charge on any atom is 0.161 e. The van der Waals surface area contributed by atoms with Crippen LogP contribution >= 0.6 is 0 Å². The molecule has 25 heavy (non-hydrogen) atoms. The first kappa shape index (κ1) is 17.2. The third kappa shape index (κ3) is 3.87. The number of ether oxygens (including phenoxy) is 2. The molecule has 0 fully saturated rings. The standard InChI is InChI=1S/C22H25NO2/c1-4-24-21-15-11-17(16-22(21)25-5-2)10-13-19-14-12-18-8-6-7-9-20(18)23(19)3/h6-16,19H,4-5H2,1-3H3/b13-10+. The Morgan fingerprint density at radius 2 is 1.76 bits per heavy atom. The smallest absolute Gasteiger partial charge is 0.161 e. The normalized spacial score (nSPS) is 16.1. The molecule has 0 bridgehead atoms. The molecule has 0 amide bonds. The fourth-order valence-corrected chi connectivity index (χ4v) is 3.02. The summed E-state index contributed by atoms with van der Waals surface area (Å²) in [5.74, 6) is 1.59. The summed E-state index contributed by atoms with van der Waals surface area (Å²) in [6.45, 7) is 5.22. The molecule has 0 N–H and O–H groups in total. The van der Waals surface area contributed by atoms with Gasteiger partial charge in [0.1, 0.15) is 0 Å². The fraction of sp³-hybridized carbons (Fsp3) is 0.273. The molecule has 1 heterocycles. The third-order valence-electron chi connectivity index (χ3n) is 4.29. The van der Waals surface area contributed by atoms with Crippen molar-refractivity contribution in [1.29, 1.82) is 0 Å². The minimum atomic E-state index is 0.233. The second-order valence-corrected chi connectivity index (χ2v) is 5.95. The Morgan fingerprint density at radius 3 is 2.56 bits per heavy atom. The van der Waals surface area contributed by atoms with Gasteiger partial charge in [0.25, 0.3) is 0 Å². The van der Waals surface area contributed by atoms with E-state index in [0.29, 0.717) is 13.2 Å². The molecule has 1 aliphatic rings. The molecule has 0 radical (unpaired) electrons. The number of likely N-dealkylation sites (N-methyl/N-ethyl adjacent to an activating group) is 1. The largest absolute Gasteiger partial charge is 0.490 e. The zero-order valence-corrected chi connectivity index (χ0v) is 15.1.